The molecule has 0 amide bonds. The predicted octanol–water partition coefficient (Wildman–Crippen LogP) is 2.58. The van der Waals surface area contributed by atoms with Gasteiger partial charge in [-0.1, -0.05) is 32.0 Å². The van der Waals surface area contributed by atoms with Crippen molar-refractivity contribution in [3.05, 3.63) is 30.3 Å². The molecule has 0 aliphatic rings. The lowest BCUT2D eigenvalue weighted by atomic mass is 10.3. The van der Waals surface area contributed by atoms with Crippen LogP contribution in [0.3, 0.4) is 0 Å². The monoisotopic (exact) mass is 179 g/mol. The van der Waals surface area contributed by atoms with Crippen LogP contribution in [0.2, 0.25) is 0 Å². The summed E-state index contributed by atoms with van der Waals surface area (Å²) in [5, 5.41) is 12.2. The molecule has 0 fully saturated rings. The van der Waals surface area contributed by atoms with Crippen molar-refractivity contribution in [3.8, 4) is 0 Å². The van der Waals surface area contributed by atoms with Gasteiger partial charge in [0.05, 0.1) is 0 Å². The van der Waals surface area contributed by atoms with Crippen LogP contribution in [0.4, 0.5) is 5.69 Å². The van der Waals surface area contributed by atoms with E-state index in [1.807, 2.05) is 44.2 Å². The Hall–Kier alpha value is -1.64. The fourth-order valence-electron chi connectivity index (χ4n) is 0.453. The Morgan fingerprint density at radius 3 is 1.54 bits per heavy atom. The van der Waals surface area contributed by atoms with Crippen molar-refractivity contribution >= 4 is 18.1 Å². The molecule has 0 radical (unpaired) electrons. The third kappa shape index (κ3) is 13.4. The first-order chi connectivity index (χ1) is 6.31. The Labute approximate surface area is 79.6 Å². The Kier molecular flexibility index (Phi) is 13.9. The molecule has 1 rings (SSSR count). The molecule has 1 aromatic rings. The van der Waals surface area contributed by atoms with Gasteiger partial charge in [0, 0.05) is 18.1 Å². The predicted molar refractivity (Wildman–Crippen MR) is 59.8 cm³/mol. The molecule has 3 nitrogen and oxygen atoms in total. The second kappa shape index (κ2) is 13.0. The topological polar surface area (TPSA) is 73.7 Å². The van der Waals surface area contributed by atoms with E-state index in [1.165, 1.54) is 0 Å². The first-order valence-electron chi connectivity index (χ1n) is 4.11. The quantitative estimate of drug-likeness (QED) is 0.450. The second-order valence-corrected chi connectivity index (χ2v) is 1.74. The van der Waals surface area contributed by atoms with Crippen molar-refractivity contribution in [2.45, 2.75) is 13.8 Å². The van der Waals surface area contributed by atoms with Gasteiger partial charge < -0.3 is 16.6 Å². The summed E-state index contributed by atoms with van der Waals surface area (Å²) >= 11 is 0. The van der Waals surface area contributed by atoms with Crippen LogP contribution in [0.15, 0.2) is 30.3 Å². The van der Waals surface area contributed by atoms with E-state index in [1.54, 1.807) is 0 Å². The zero-order valence-electron chi connectivity index (χ0n) is 8.12. The maximum Gasteiger partial charge on any atom is 0.0353 e. The van der Waals surface area contributed by atoms with Gasteiger partial charge in [-0.2, -0.15) is 0 Å². The van der Waals surface area contributed by atoms with Gasteiger partial charge in [-0.25, -0.2) is 0 Å². The molecule has 0 aliphatic carbocycles. The number of nitrogen functional groups attached to an aromatic ring is 1. The SMILES string of the molecule is CC.N=CC=N.Nc1ccccc1. The molecule has 4 N–H and O–H groups in total. The summed E-state index contributed by atoms with van der Waals surface area (Å²) in [6.45, 7) is 4.00. The number of nitrogens with two attached hydrogens (primary N) is 1. The molecule has 0 saturated carbocycles. The van der Waals surface area contributed by atoms with Gasteiger partial charge in [0.2, 0.25) is 0 Å². The summed E-state index contributed by atoms with van der Waals surface area (Å²) in [4.78, 5) is 0. The number of para-hydroxylation sites is 1. The Balaban J connectivity index is 0. The van der Waals surface area contributed by atoms with E-state index >= 15 is 0 Å². The van der Waals surface area contributed by atoms with E-state index in [0.717, 1.165) is 18.1 Å². The normalized spacial score (nSPS) is 6.62. The fourth-order valence-corrected chi connectivity index (χ4v) is 0.453. The average molecular weight is 179 g/mol. The van der Waals surface area contributed by atoms with Crippen molar-refractivity contribution in [2.24, 2.45) is 0 Å². The number of nitrogens with one attached hydrogen (secondary N) is 2. The van der Waals surface area contributed by atoms with Crippen LogP contribution in [0, 0.1) is 10.8 Å². The van der Waals surface area contributed by atoms with Crippen molar-refractivity contribution in [3.63, 3.8) is 0 Å². The summed E-state index contributed by atoms with van der Waals surface area (Å²) in [6.07, 6.45) is 1.83. The highest BCUT2D eigenvalue weighted by atomic mass is 14.5. The molecule has 0 saturated heterocycles. The van der Waals surface area contributed by atoms with Gasteiger partial charge in [-0.3, -0.25) is 0 Å². The van der Waals surface area contributed by atoms with E-state index in [9.17, 15) is 0 Å². The fraction of sp³-hybridized carbons (Fsp3) is 0.200. The summed E-state index contributed by atoms with van der Waals surface area (Å²) in [5.41, 5.74) is 6.18. The standard InChI is InChI=1S/C6H7N.C2H4N2.C2H6/c7-6-4-2-1-3-5-6;3-1-2-4;1-2/h1-5H,7H2;1-4H;1-2H3. The van der Waals surface area contributed by atoms with Crippen LogP contribution in [0.5, 0.6) is 0 Å². The summed E-state index contributed by atoms with van der Waals surface area (Å²) in [5.74, 6) is 0. The highest BCUT2D eigenvalue weighted by Crippen LogP contribution is 1.95. The zero-order valence-corrected chi connectivity index (χ0v) is 8.12. The van der Waals surface area contributed by atoms with Gasteiger partial charge >= 0.3 is 0 Å². The van der Waals surface area contributed by atoms with E-state index in [-0.39, 0.29) is 0 Å². The minimum absolute atomic E-state index is 0.822. The number of hydrogen-bond donors (Lipinski definition) is 3. The largest absolute Gasteiger partial charge is 0.399 e. The summed E-state index contributed by atoms with van der Waals surface area (Å²) < 4.78 is 0. The number of rotatable bonds is 1. The van der Waals surface area contributed by atoms with Crippen LogP contribution >= 0.6 is 0 Å². The highest BCUT2D eigenvalue weighted by Gasteiger charge is 1.72. The molecule has 1 aromatic carbocycles. The second-order valence-electron chi connectivity index (χ2n) is 1.74. The average Bonchev–Trinajstić information content (AvgIpc) is 2.22. The van der Waals surface area contributed by atoms with Crippen molar-refractivity contribution < 1.29 is 0 Å². The Bertz CT molecular complexity index is 201. The van der Waals surface area contributed by atoms with Crippen molar-refractivity contribution in [1.29, 1.82) is 10.8 Å². The van der Waals surface area contributed by atoms with E-state index < -0.39 is 0 Å². The van der Waals surface area contributed by atoms with Crippen molar-refractivity contribution in [2.75, 3.05) is 5.73 Å². The van der Waals surface area contributed by atoms with Crippen LogP contribution in [0.25, 0.3) is 0 Å². The third-order valence-corrected chi connectivity index (χ3v) is 0.883. The smallest absolute Gasteiger partial charge is 0.0353 e. The summed E-state index contributed by atoms with van der Waals surface area (Å²) in [7, 11) is 0. The molecule has 0 aliphatic heterocycles. The molecule has 0 aromatic heterocycles. The highest BCUT2D eigenvalue weighted by molar-refractivity contribution is 6.12. The lowest BCUT2D eigenvalue weighted by Crippen LogP contribution is -1.79. The minimum Gasteiger partial charge on any atom is -0.399 e. The molecule has 0 atom stereocenters. The Morgan fingerprint density at radius 2 is 1.38 bits per heavy atom. The molecular weight excluding hydrogens is 162 g/mol. The van der Waals surface area contributed by atoms with Gasteiger partial charge in [-0.05, 0) is 12.1 Å². The first kappa shape index (κ1) is 13.9. The molecule has 0 spiro atoms. The molecule has 0 bridgehead atoms. The number of anilines is 1. The molecule has 3 heteroatoms. The lowest BCUT2D eigenvalue weighted by Gasteiger charge is -1.83. The molecule has 0 heterocycles. The van der Waals surface area contributed by atoms with Gasteiger partial charge in [-0.15, -0.1) is 0 Å². The van der Waals surface area contributed by atoms with E-state index in [2.05, 4.69) is 0 Å². The van der Waals surface area contributed by atoms with Gasteiger partial charge in [0.1, 0.15) is 0 Å². The third-order valence-electron chi connectivity index (χ3n) is 0.883. The maximum absolute atomic E-state index is 6.08. The zero-order chi connectivity index (χ0) is 10.5. The molecule has 72 valence electrons. The molecule has 0 unspecified atom stereocenters. The van der Waals surface area contributed by atoms with E-state index in [0.29, 0.717) is 0 Å². The van der Waals surface area contributed by atoms with Crippen LogP contribution in [0.1, 0.15) is 13.8 Å². The number of benzene rings is 1. The van der Waals surface area contributed by atoms with Gasteiger partial charge in [0.15, 0.2) is 0 Å². The van der Waals surface area contributed by atoms with Crippen LogP contribution in [-0.4, -0.2) is 12.4 Å². The molecular formula is C10H17N3. The lowest BCUT2D eigenvalue weighted by molar-refractivity contribution is 1.50. The number of hydrogen-bond acceptors (Lipinski definition) is 3. The van der Waals surface area contributed by atoms with Crippen LogP contribution < -0.4 is 5.73 Å². The van der Waals surface area contributed by atoms with Crippen molar-refractivity contribution in [1.82, 2.24) is 0 Å². The van der Waals surface area contributed by atoms with Crippen LogP contribution in [-0.2, 0) is 0 Å². The maximum atomic E-state index is 6.08. The summed E-state index contributed by atoms with van der Waals surface area (Å²) in [6, 6.07) is 9.49. The van der Waals surface area contributed by atoms with E-state index in [4.69, 9.17) is 16.6 Å². The molecule has 13 heavy (non-hydrogen) atoms. The van der Waals surface area contributed by atoms with Gasteiger partial charge in [0.25, 0.3) is 0 Å². The Morgan fingerprint density at radius 1 is 1.00 bits per heavy atom. The minimum atomic E-state index is 0.822. The first-order valence-corrected chi connectivity index (χ1v) is 4.11.